The molecule has 0 unspecified atom stereocenters. The van der Waals surface area contributed by atoms with Crippen LogP contribution in [0.2, 0.25) is 0 Å². The average molecular weight is 333 g/mol. The van der Waals surface area contributed by atoms with E-state index in [4.69, 9.17) is 5.73 Å². The second kappa shape index (κ2) is 7.97. The molecule has 2 aliphatic rings. The first-order valence-electron chi connectivity index (χ1n) is 9.14. The minimum atomic E-state index is -0.177. The maximum atomic E-state index is 13.0. The second-order valence-corrected chi connectivity index (χ2v) is 7.21. The van der Waals surface area contributed by atoms with Crippen molar-refractivity contribution >= 4 is 11.6 Å². The van der Waals surface area contributed by atoms with Crippen molar-refractivity contribution in [2.24, 2.45) is 17.6 Å². The van der Waals surface area contributed by atoms with Gasteiger partial charge in [0.05, 0.1) is 0 Å². The Morgan fingerprint density at radius 1 is 1.04 bits per heavy atom. The van der Waals surface area contributed by atoms with Gasteiger partial charge in [-0.1, -0.05) is 0 Å². The van der Waals surface area contributed by atoms with E-state index in [-0.39, 0.29) is 17.6 Å². The maximum absolute atomic E-state index is 13.0. The van der Waals surface area contributed by atoms with Gasteiger partial charge in [0.1, 0.15) is 5.82 Å². The maximum Gasteiger partial charge on any atom is 0.220 e. The summed E-state index contributed by atoms with van der Waals surface area (Å²) in [6, 6.07) is 6.79. The van der Waals surface area contributed by atoms with Crippen LogP contribution in [0.15, 0.2) is 24.3 Å². The molecule has 3 rings (SSSR count). The van der Waals surface area contributed by atoms with E-state index in [1.807, 2.05) is 12.1 Å². The summed E-state index contributed by atoms with van der Waals surface area (Å²) in [7, 11) is 0. The van der Waals surface area contributed by atoms with Crippen LogP contribution < -0.4 is 10.6 Å². The minimum Gasteiger partial charge on any atom is -0.369 e. The first-order chi connectivity index (χ1) is 11.6. The van der Waals surface area contributed by atoms with Crippen molar-refractivity contribution in [1.82, 2.24) is 4.90 Å². The molecule has 1 aromatic rings. The molecule has 24 heavy (non-hydrogen) atoms. The predicted octanol–water partition coefficient (Wildman–Crippen LogP) is 2.63. The normalized spacial score (nSPS) is 25.6. The Bertz CT molecular complexity index is 532. The Morgan fingerprint density at radius 3 is 2.25 bits per heavy atom. The molecule has 5 heteroatoms. The van der Waals surface area contributed by atoms with E-state index in [1.165, 1.54) is 18.6 Å². The third kappa shape index (κ3) is 4.47. The molecule has 1 heterocycles. The zero-order chi connectivity index (χ0) is 16.9. The number of anilines is 1. The van der Waals surface area contributed by atoms with Crippen molar-refractivity contribution in [2.45, 2.75) is 32.1 Å². The van der Waals surface area contributed by atoms with E-state index in [2.05, 4.69) is 9.80 Å². The fraction of sp³-hybridized carbons (Fsp3) is 0.632. The summed E-state index contributed by atoms with van der Waals surface area (Å²) in [5.41, 5.74) is 6.51. The fourth-order valence-electron chi connectivity index (χ4n) is 3.98. The van der Waals surface area contributed by atoms with Crippen LogP contribution in [-0.4, -0.2) is 43.5 Å². The summed E-state index contributed by atoms with van der Waals surface area (Å²) in [5.74, 6) is 0.560. The van der Waals surface area contributed by atoms with Gasteiger partial charge in [0.25, 0.3) is 0 Å². The van der Waals surface area contributed by atoms with Gasteiger partial charge in [0.2, 0.25) is 5.91 Å². The Kier molecular flexibility index (Phi) is 5.72. The number of halogens is 1. The molecular weight excluding hydrogens is 305 g/mol. The van der Waals surface area contributed by atoms with Gasteiger partial charge in [-0.15, -0.1) is 0 Å². The molecule has 1 saturated heterocycles. The SMILES string of the molecule is NC(=O)C1CCC(CCN2CCN(c3ccc(F)cc3)CC2)CC1. The van der Waals surface area contributed by atoms with Gasteiger partial charge in [-0.3, -0.25) is 9.69 Å². The number of amides is 1. The van der Waals surface area contributed by atoms with Gasteiger partial charge in [0.15, 0.2) is 0 Å². The van der Waals surface area contributed by atoms with Crippen LogP contribution in [-0.2, 0) is 4.79 Å². The standard InChI is InChI=1S/C19H28FN3O/c20-17-5-7-18(8-6-17)23-13-11-22(12-14-23)10-9-15-1-3-16(4-2-15)19(21)24/h5-8,15-16H,1-4,9-14H2,(H2,21,24). The summed E-state index contributed by atoms with van der Waals surface area (Å²) in [6.45, 7) is 5.27. The molecule has 132 valence electrons. The average Bonchev–Trinajstić information content (AvgIpc) is 2.61. The van der Waals surface area contributed by atoms with Crippen LogP contribution in [0.1, 0.15) is 32.1 Å². The van der Waals surface area contributed by atoms with Crippen molar-refractivity contribution < 1.29 is 9.18 Å². The topological polar surface area (TPSA) is 49.6 Å². The van der Waals surface area contributed by atoms with Crippen LogP contribution in [0.25, 0.3) is 0 Å². The third-order valence-corrected chi connectivity index (χ3v) is 5.67. The highest BCUT2D eigenvalue weighted by atomic mass is 19.1. The van der Waals surface area contributed by atoms with Crippen LogP contribution in [0, 0.1) is 17.7 Å². The number of piperazine rings is 1. The highest BCUT2D eigenvalue weighted by molar-refractivity contribution is 5.76. The molecule has 2 fully saturated rings. The largest absolute Gasteiger partial charge is 0.369 e. The van der Waals surface area contributed by atoms with Crippen molar-refractivity contribution in [3.63, 3.8) is 0 Å². The van der Waals surface area contributed by atoms with Crippen molar-refractivity contribution in [3.05, 3.63) is 30.1 Å². The highest BCUT2D eigenvalue weighted by Crippen LogP contribution is 2.30. The second-order valence-electron chi connectivity index (χ2n) is 7.21. The van der Waals surface area contributed by atoms with Gasteiger partial charge in [0, 0.05) is 37.8 Å². The molecule has 1 amide bonds. The molecule has 0 radical (unpaired) electrons. The molecule has 1 saturated carbocycles. The van der Waals surface area contributed by atoms with E-state index >= 15 is 0 Å². The van der Waals surface area contributed by atoms with Gasteiger partial charge in [-0.25, -0.2) is 4.39 Å². The monoisotopic (exact) mass is 333 g/mol. The smallest absolute Gasteiger partial charge is 0.220 e. The lowest BCUT2D eigenvalue weighted by Crippen LogP contribution is -2.47. The zero-order valence-corrected chi connectivity index (χ0v) is 14.3. The molecule has 2 N–H and O–H groups in total. The van der Waals surface area contributed by atoms with Crippen LogP contribution in [0.4, 0.5) is 10.1 Å². The van der Waals surface area contributed by atoms with Crippen molar-refractivity contribution in [1.29, 1.82) is 0 Å². The molecule has 1 aliphatic carbocycles. The van der Waals surface area contributed by atoms with E-state index in [1.54, 1.807) is 0 Å². The Hall–Kier alpha value is -1.62. The Morgan fingerprint density at radius 2 is 1.67 bits per heavy atom. The van der Waals surface area contributed by atoms with Gasteiger partial charge in [-0.2, -0.15) is 0 Å². The molecule has 1 aliphatic heterocycles. The number of nitrogens with two attached hydrogens (primary N) is 1. The van der Waals surface area contributed by atoms with Gasteiger partial charge >= 0.3 is 0 Å². The molecule has 4 nitrogen and oxygen atoms in total. The van der Waals surface area contributed by atoms with Gasteiger partial charge < -0.3 is 10.6 Å². The number of primary amides is 1. The van der Waals surface area contributed by atoms with E-state index in [0.29, 0.717) is 0 Å². The molecule has 1 aromatic carbocycles. The summed E-state index contributed by atoms with van der Waals surface area (Å²) in [5, 5.41) is 0. The summed E-state index contributed by atoms with van der Waals surface area (Å²) in [4.78, 5) is 16.1. The number of nitrogens with zero attached hydrogens (tertiary/aromatic N) is 2. The number of rotatable bonds is 5. The first-order valence-corrected chi connectivity index (χ1v) is 9.14. The summed E-state index contributed by atoms with van der Waals surface area (Å²) in [6.07, 6.45) is 5.45. The minimum absolute atomic E-state index is 0.112. The summed E-state index contributed by atoms with van der Waals surface area (Å²) < 4.78 is 13.0. The Balaban J connectivity index is 1.37. The predicted molar refractivity (Wildman–Crippen MR) is 94.3 cm³/mol. The lowest BCUT2D eigenvalue weighted by Gasteiger charge is -2.37. The number of hydrogen-bond donors (Lipinski definition) is 1. The number of benzene rings is 1. The Labute approximate surface area is 143 Å². The van der Waals surface area contributed by atoms with Gasteiger partial charge in [-0.05, 0) is 68.8 Å². The lowest BCUT2D eigenvalue weighted by molar-refractivity contribution is -0.123. The van der Waals surface area contributed by atoms with E-state index in [9.17, 15) is 9.18 Å². The van der Waals surface area contributed by atoms with E-state index < -0.39 is 0 Å². The molecule has 0 bridgehead atoms. The molecular formula is C19H28FN3O. The third-order valence-electron chi connectivity index (χ3n) is 5.67. The number of carbonyl (C=O) groups is 1. The van der Waals surface area contributed by atoms with Crippen LogP contribution >= 0.6 is 0 Å². The van der Waals surface area contributed by atoms with Crippen LogP contribution in [0.5, 0.6) is 0 Å². The van der Waals surface area contributed by atoms with Crippen molar-refractivity contribution in [2.75, 3.05) is 37.6 Å². The van der Waals surface area contributed by atoms with Crippen molar-refractivity contribution in [3.8, 4) is 0 Å². The van der Waals surface area contributed by atoms with Crippen LogP contribution in [0.3, 0.4) is 0 Å². The number of hydrogen-bond acceptors (Lipinski definition) is 3. The lowest BCUT2D eigenvalue weighted by atomic mass is 9.80. The van der Waals surface area contributed by atoms with E-state index in [0.717, 1.165) is 70.0 Å². The zero-order valence-electron chi connectivity index (χ0n) is 14.3. The molecule has 0 atom stereocenters. The molecule has 0 aromatic heterocycles. The fourth-order valence-corrected chi connectivity index (χ4v) is 3.98. The molecule has 0 spiro atoms. The summed E-state index contributed by atoms with van der Waals surface area (Å²) >= 11 is 0. The highest BCUT2D eigenvalue weighted by Gasteiger charge is 2.25. The number of carbonyl (C=O) groups excluding carboxylic acids is 1. The first kappa shape index (κ1) is 17.2. The quantitative estimate of drug-likeness (QED) is 0.901.